The van der Waals surface area contributed by atoms with Crippen molar-refractivity contribution in [1.82, 2.24) is 9.97 Å². The third-order valence-electron chi connectivity index (χ3n) is 2.75. The van der Waals surface area contributed by atoms with Gasteiger partial charge >= 0.3 is 0 Å². The summed E-state index contributed by atoms with van der Waals surface area (Å²) in [4.78, 5) is 8.60. The molecule has 0 aliphatic heterocycles. The third-order valence-corrected chi connectivity index (χ3v) is 2.75. The molecule has 82 valence electrons. The zero-order chi connectivity index (χ0) is 11.7. The van der Waals surface area contributed by atoms with Crippen LogP contribution in [0.15, 0.2) is 25.0 Å². The number of aliphatic hydroxyl groups excluding tert-OH is 1. The van der Waals surface area contributed by atoms with E-state index in [0.717, 1.165) is 34.1 Å². The highest BCUT2D eigenvalue weighted by Crippen LogP contribution is 2.26. The van der Waals surface area contributed by atoms with E-state index in [2.05, 4.69) is 16.5 Å². The number of pyridine rings is 2. The fourth-order valence-corrected chi connectivity index (χ4v) is 1.97. The maximum Gasteiger partial charge on any atom is 0.116 e. The first-order valence-electron chi connectivity index (χ1n) is 5.26. The number of aromatic nitrogens is 2. The minimum atomic E-state index is 0.0765. The van der Waals surface area contributed by atoms with Gasteiger partial charge in [0.05, 0.1) is 5.52 Å². The molecule has 0 bridgehead atoms. The van der Waals surface area contributed by atoms with Crippen molar-refractivity contribution in [2.45, 2.75) is 20.3 Å². The summed E-state index contributed by atoms with van der Waals surface area (Å²) < 4.78 is 0. The van der Waals surface area contributed by atoms with Gasteiger partial charge in [-0.25, -0.2) is 0 Å². The summed E-state index contributed by atoms with van der Waals surface area (Å²) in [6, 6.07) is 1.85. The van der Waals surface area contributed by atoms with E-state index in [4.69, 9.17) is 0 Å². The van der Waals surface area contributed by atoms with Crippen molar-refractivity contribution in [3.05, 3.63) is 41.9 Å². The Balaban J connectivity index is 2.91. The van der Waals surface area contributed by atoms with Crippen LogP contribution >= 0.6 is 0 Å². The van der Waals surface area contributed by atoms with Crippen molar-refractivity contribution in [1.29, 1.82) is 0 Å². The third kappa shape index (κ3) is 1.54. The Morgan fingerprint density at radius 3 is 2.88 bits per heavy atom. The van der Waals surface area contributed by atoms with Crippen LogP contribution in [0.5, 0.6) is 0 Å². The van der Waals surface area contributed by atoms with Gasteiger partial charge in [-0.2, -0.15) is 0 Å². The second kappa shape index (κ2) is 3.93. The number of rotatable bonds is 2. The first-order valence-corrected chi connectivity index (χ1v) is 5.26. The average Bonchev–Trinajstić information content (AvgIpc) is 2.27. The molecule has 0 amide bonds. The molecule has 0 saturated heterocycles. The van der Waals surface area contributed by atoms with Crippen molar-refractivity contribution in [2.75, 3.05) is 0 Å². The summed E-state index contributed by atoms with van der Waals surface area (Å²) in [5, 5.41) is 10.5. The van der Waals surface area contributed by atoms with E-state index in [9.17, 15) is 5.11 Å². The molecular weight excluding hydrogens is 200 g/mol. The fourth-order valence-electron chi connectivity index (χ4n) is 1.97. The van der Waals surface area contributed by atoms with Crippen molar-refractivity contribution in [3.8, 4) is 0 Å². The monoisotopic (exact) mass is 214 g/mol. The lowest BCUT2D eigenvalue weighted by atomic mass is 10.0. The SMILES string of the molecule is C=C(O)c1c(C)c(CC)nc2ccncc12. The van der Waals surface area contributed by atoms with E-state index in [1.54, 1.807) is 12.4 Å². The molecule has 0 fully saturated rings. The van der Waals surface area contributed by atoms with Gasteiger partial charge < -0.3 is 5.11 Å². The molecule has 0 unspecified atom stereocenters. The maximum absolute atomic E-state index is 9.67. The van der Waals surface area contributed by atoms with Crippen LogP contribution in [0.4, 0.5) is 0 Å². The lowest BCUT2D eigenvalue weighted by molar-refractivity contribution is 0.514. The van der Waals surface area contributed by atoms with Gasteiger partial charge in [-0.05, 0) is 25.0 Å². The summed E-state index contributed by atoms with van der Waals surface area (Å²) in [5.74, 6) is 0.0765. The Morgan fingerprint density at radius 1 is 1.50 bits per heavy atom. The van der Waals surface area contributed by atoms with E-state index in [0.29, 0.717) is 0 Å². The van der Waals surface area contributed by atoms with Crippen molar-refractivity contribution in [3.63, 3.8) is 0 Å². The van der Waals surface area contributed by atoms with Crippen LogP contribution in [0.3, 0.4) is 0 Å². The van der Waals surface area contributed by atoms with Crippen molar-refractivity contribution >= 4 is 16.7 Å². The molecule has 2 aromatic rings. The average molecular weight is 214 g/mol. The molecule has 2 aromatic heterocycles. The molecule has 0 aliphatic rings. The molecule has 0 atom stereocenters. The fraction of sp³-hybridized carbons (Fsp3) is 0.231. The smallest absolute Gasteiger partial charge is 0.116 e. The van der Waals surface area contributed by atoms with Gasteiger partial charge in [0.15, 0.2) is 0 Å². The topological polar surface area (TPSA) is 46.0 Å². The number of aryl methyl sites for hydroxylation is 1. The van der Waals surface area contributed by atoms with Crippen molar-refractivity contribution in [2.24, 2.45) is 0 Å². The number of aliphatic hydroxyl groups is 1. The van der Waals surface area contributed by atoms with Crippen LogP contribution in [0.1, 0.15) is 23.7 Å². The standard InChI is InChI=1S/C13H14N2O/c1-4-11-8(2)13(9(3)16)10-7-14-6-5-12(10)15-11/h5-7,16H,3-4H2,1-2H3. The van der Waals surface area contributed by atoms with Crippen molar-refractivity contribution < 1.29 is 5.11 Å². The quantitative estimate of drug-likeness (QED) is 0.781. The van der Waals surface area contributed by atoms with Crippen LogP contribution in [0.25, 0.3) is 16.7 Å². The van der Waals surface area contributed by atoms with Crippen LogP contribution in [-0.2, 0) is 6.42 Å². The number of nitrogens with zero attached hydrogens (tertiary/aromatic N) is 2. The zero-order valence-electron chi connectivity index (χ0n) is 9.49. The van der Waals surface area contributed by atoms with Crippen LogP contribution < -0.4 is 0 Å². The van der Waals surface area contributed by atoms with Gasteiger partial charge in [0.2, 0.25) is 0 Å². The second-order valence-corrected chi connectivity index (χ2v) is 3.75. The van der Waals surface area contributed by atoms with Crippen LogP contribution in [-0.4, -0.2) is 15.1 Å². The molecule has 2 heterocycles. The summed E-state index contributed by atoms with van der Waals surface area (Å²) in [7, 11) is 0. The predicted octanol–water partition coefficient (Wildman–Crippen LogP) is 3.03. The lowest BCUT2D eigenvalue weighted by Crippen LogP contribution is -2.00. The molecule has 0 saturated carbocycles. The largest absolute Gasteiger partial charge is 0.508 e. The van der Waals surface area contributed by atoms with E-state index in [1.807, 2.05) is 19.9 Å². The summed E-state index contributed by atoms with van der Waals surface area (Å²) >= 11 is 0. The minimum absolute atomic E-state index is 0.0765. The van der Waals surface area contributed by atoms with E-state index >= 15 is 0 Å². The Kier molecular flexibility index (Phi) is 2.60. The van der Waals surface area contributed by atoms with Gasteiger partial charge in [-0.1, -0.05) is 13.5 Å². The van der Waals surface area contributed by atoms with Gasteiger partial charge in [0.25, 0.3) is 0 Å². The minimum Gasteiger partial charge on any atom is -0.508 e. The highest BCUT2D eigenvalue weighted by Gasteiger charge is 2.12. The van der Waals surface area contributed by atoms with Crippen LogP contribution in [0, 0.1) is 6.92 Å². The molecule has 0 radical (unpaired) electrons. The van der Waals surface area contributed by atoms with Gasteiger partial charge in [-0.15, -0.1) is 0 Å². The Hall–Kier alpha value is -1.90. The predicted molar refractivity (Wildman–Crippen MR) is 65.3 cm³/mol. The molecule has 1 N–H and O–H groups in total. The molecule has 2 rings (SSSR count). The van der Waals surface area contributed by atoms with Gasteiger partial charge in [0.1, 0.15) is 5.76 Å². The second-order valence-electron chi connectivity index (χ2n) is 3.75. The molecule has 0 spiro atoms. The van der Waals surface area contributed by atoms with Gasteiger partial charge in [0, 0.05) is 29.0 Å². The number of hydrogen-bond acceptors (Lipinski definition) is 3. The molecule has 0 aromatic carbocycles. The summed E-state index contributed by atoms with van der Waals surface area (Å²) in [6.45, 7) is 7.61. The zero-order valence-corrected chi connectivity index (χ0v) is 9.49. The first kappa shape index (κ1) is 10.6. The molecule has 3 nitrogen and oxygen atoms in total. The Morgan fingerprint density at radius 2 is 2.25 bits per heavy atom. The summed E-state index contributed by atoms with van der Waals surface area (Å²) in [5.41, 5.74) is 3.58. The van der Waals surface area contributed by atoms with E-state index in [1.165, 1.54) is 0 Å². The first-order chi connectivity index (χ1) is 7.65. The molecular formula is C13H14N2O. The highest BCUT2D eigenvalue weighted by molar-refractivity contribution is 5.90. The maximum atomic E-state index is 9.67. The van der Waals surface area contributed by atoms with Gasteiger partial charge in [-0.3, -0.25) is 9.97 Å². The lowest BCUT2D eigenvalue weighted by Gasteiger charge is -2.11. The normalized spacial score (nSPS) is 10.6. The molecule has 3 heteroatoms. The number of hydrogen-bond donors (Lipinski definition) is 1. The van der Waals surface area contributed by atoms with Crippen LogP contribution in [0.2, 0.25) is 0 Å². The Bertz CT molecular complexity index is 561. The van der Waals surface area contributed by atoms with E-state index < -0.39 is 0 Å². The highest BCUT2D eigenvalue weighted by atomic mass is 16.3. The Labute approximate surface area is 94.5 Å². The molecule has 0 aliphatic carbocycles. The summed E-state index contributed by atoms with van der Waals surface area (Å²) in [6.07, 6.45) is 4.25. The number of fused-ring (bicyclic) bond motifs is 1. The molecule has 16 heavy (non-hydrogen) atoms. The van der Waals surface area contributed by atoms with E-state index in [-0.39, 0.29) is 5.76 Å².